The molecule has 0 aliphatic carbocycles. The van der Waals surface area contributed by atoms with Gasteiger partial charge in [0, 0.05) is 63.3 Å². The molecule has 1 fully saturated rings. The van der Waals surface area contributed by atoms with Gasteiger partial charge in [-0.05, 0) is 36.2 Å². The molecule has 1 aliphatic heterocycles. The van der Waals surface area contributed by atoms with Crippen LogP contribution < -0.4 is 15.2 Å². The van der Waals surface area contributed by atoms with Crippen LogP contribution >= 0.6 is 12.4 Å². The van der Waals surface area contributed by atoms with Crippen molar-refractivity contribution < 1.29 is 30.7 Å². The predicted molar refractivity (Wildman–Crippen MR) is 135 cm³/mol. The Balaban J connectivity index is 0.00000400. The van der Waals surface area contributed by atoms with Crippen LogP contribution in [0.4, 0.5) is 23.5 Å². The Bertz CT molecular complexity index is 1420. The van der Waals surface area contributed by atoms with Gasteiger partial charge in [0.15, 0.2) is 9.84 Å². The molecule has 0 saturated carbocycles. The van der Waals surface area contributed by atoms with Gasteiger partial charge in [-0.2, -0.15) is 13.2 Å². The second kappa shape index (κ2) is 11.7. The van der Waals surface area contributed by atoms with Crippen molar-refractivity contribution in [3.63, 3.8) is 0 Å². The van der Waals surface area contributed by atoms with Gasteiger partial charge in [0.1, 0.15) is 17.7 Å². The summed E-state index contributed by atoms with van der Waals surface area (Å²) in [5.74, 6) is -0.0967. The lowest BCUT2D eigenvalue weighted by Gasteiger charge is -2.32. The summed E-state index contributed by atoms with van der Waals surface area (Å²) in [6.45, 7) is 1.11. The van der Waals surface area contributed by atoms with E-state index in [0.717, 1.165) is 16.9 Å². The molecule has 0 bridgehead atoms. The summed E-state index contributed by atoms with van der Waals surface area (Å²) in [5.41, 5.74) is -0.207. The Labute approximate surface area is 222 Å². The molecule has 2 aromatic heterocycles. The first-order valence-corrected chi connectivity index (χ1v) is 13.3. The third-order valence-electron chi connectivity index (χ3n) is 5.91. The fourth-order valence-electron chi connectivity index (χ4n) is 3.94. The third kappa shape index (κ3) is 7.44. The van der Waals surface area contributed by atoms with E-state index < -0.39 is 33.8 Å². The highest BCUT2D eigenvalue weighted by Gasteiger charge is 2.27. The summed E-state index contributed by atoms with van der Waals surface area (Å²) in [5, 5.41) is 0. The van der Waals surface area contributed by atoms with E-state index in [0.29, 0.717) is 43.2 Å². The van der Waals surface area contributed by atoms with Crippen LogP contribution in [0.1, 0.15) is 24.8 Å². The molecule has 0 amide bonds. The van der Waals surface area contributed by atoms with Gasteiger partial charge in [0.2, 0.25) is 5.95 Å². The molecule has 38 heavy (non-hydrogen) atoms. The van der Waals surface area contributed by atoms with Crippen molar-refractivity contribution in [1.29, 1.82) is 0 Å². The average Bonchev–Trinajstić information content (AvgIpc) is 2.83. The number of pyridine rings is 1. The number of ether oxygens (including phenoxy) is 1. The van der Waals surface area contributed by atoms with E-state index in [9.17, 15) is 30.8 Å². The molecule has 0 unspecified atom stereocenters. The van der Waals surface area contributed by atoms with Crippen LogP contribution in [0.5, 0.6) is 5.75 Å². The Morgan fingerprint density at radius 1 is 1.08 bits per heavy atom. The van der Waals surface area contributed by atoms with Crippen LogP contribution in [0.25, 0.3) is 5.69 Å². The molecular formula is C24H25ClF4N4O4S. The number of anilines is 1. The van der Waals surface area contributed by atoms with Gasteiger partial charge in [0.25, 0.3) is 5.56 Å². The average molecular weight is 577 g/mol. The van der Waals surface area contributed by atoms with Crippen molar-refractivity contribution in [2.24, 2.45) is 0 Å². The quantitative estimate of drug-likeness (QED) is 0.390. The number of sulfone groups is 1. The summed E-state index contributed by atoms with van der Waals surface area (Å²) in [6.07, 6.45) is 0.831. The Morgan fingerprint density at radius 3 is 2.29 bits per heavy atom. The maximum atomic E-state index is 14.5. The molecule has 0 N–H and O–H groups in total. The van der Waals surface area contributed by atoms with E-state index >= 15 is 0 Å². The van der Waals surface area contributed by atoms with E-state index in [1.54, 1.807) is 0 Å². The number of rotatable bonds is 7. The molecule has 14 heteroatoms. The number of nitrogens with zero attached hydrogens (tertiary/aromatic N) is 4. The Hall–Kier alpha value is -3.19. The minimum atomic E-state index is -4.23. The van der Waals surface area contributed by atoms with E-state index in [4.69, 9.17) is 4.74 Å². The highest BCUT2D eigenvalue weighted by molar-refractivity contribution is 7.90. The summed E-state index contributed by atoms with van der Waals surface area (Å²) in [6, 6.07) is 6.10. The Kier molecular flexibility index (Phi) is 9.03. The van der Waals surface area contributed by atoms with E-state index in [1.807, 2.05) is 4.90 Å². The van der Waals surface area contributed by atoms with Crippen LogP contribution in [0.15, 0.2) is 58.6 Å². The van der Waals surface area contributed by atoms with Crippen LogP contribution in [-0.4, -0.2) is 54.6 Å². The molecule has 1 aromatic carbocycles. The summed E-state index contributed by atoms with van der Waals surface area (Å²) in [7, 11) is -3.58. The minimum absolute atomic E-state index is 0. The second-order valence-corrected chi connectivity index (χ2v) is 10.8. The van der Waals surface area contributed by atoms with Gasteiger partial charge in [-0.15, -0.1) is 12.4 Å². The second-order valence-electron chi connectivity index (χ2n) is 8.77. The van der Waals surface area contributed by atoms with Crippen molar-refractivity contribution >= 4 is 28.2 Å². The smallest absolute Gasteiger partial charge is 0.389 e. The van der Waals surface area contributed by atoms with Gasteiger partial charge in [-0.1, -0.05) is 0 Å². The third-order valence-corrected chi connectivity index (χ3v) is 7.02. The number of aromatic nitrogens is 3. The van der Waals surface area contributed by atoms with Crippen molar-refractivity contribution in [3.8, 4) is 11.4 Å². The highest BCUT2D eigenvalue weighted by atomic mass is 35.5. The van der Waals surface area contributed by atoms with Gasteiger partial charge >= 0.3 is 6.18 Å². The molecule has 0 radical (unpaired) electrons. The first-order valence-electron chi connectivity index (χ1n) is 11.4. The van der Waals surface area contributed by atoms with Crippen molar-refractivity contribution in [3.05, 3.63) is 70.7 Å². The zero-order chi connectivity index (χ0) is 26.8. The lowest BCUT2D eigenvalue weighted by atomic mass is 10.1. The molecule has 3 heterocycles. The number of piperidine rings is 1. The normalized spacial score (nSPS) is 14.7. The molecule has 1 aliphatic rings. The van der Waals surface area contributed by atoms with Gasteiger partial charge in [-0.25, -0.2) is 22.8 Å². The summed E-state index contributed by atoms with van der Waals surface area (Å²) in [4.78, 5) is 22.7. The number of aryl methyl sites for hydroxylation is 1. The predicted octanol–water partition coefficient (Wildman–Crippen LogP) is 4.13. The molecule has 0 spiro atoms. The van der Waals surface area contributed by atoms with Crippen LogP contribution in [0.3, 0.4) is 0 Å². The van der Waals surface area contributed by atoms with Crippen LogP contribution in [0.2, 0.25) is 0 Å². The van der Waals surface area contributed by atoms with Crippen molar-refractivity contribution in [2.45, 2.75) is 42.9 Å². The molecule has 4 rings (SSSR count). The summed E-state index contributed by atoms with van der Waals surface area (Å²) < 4.78 is 81.8. The lowest BCUT2D eigenvalue weighted by molar-refractivity contribution is -0.134. The Morgan fingerprint density at radius 2 is 1.74 bits per heavy atom. The van der Waals surface area contributed by atoms with Crippen LogP contribution in [0, 0.1) is 5.82 Å². The highest BCUT2D eigenvalue weighted by Crippen LogP contribution is 2.24. The maximum absolute atomic E-state index is 14.5. The molecule has 1 saturated heterocycles. The first kappa shape index (κ1) is 29.4. The minimum Gasteiger partial charge on any atom is -0.490 e. The van der Waals surface area contributed by atoms with E-state index in [-0.39, 0.29) is 35.5 Å². The fraction of sp³-hybridized carbons (Fsp3) is 0.375. The molecule has 8 nitrogen and oxygen atoms in total. The topological polar surface area (TPSA) is 94.4 Å². The number of halogens is 5. The SMILES string of the molecule is CS(=O)(=O)c1ccc(-n2ccc(OC3CCN(c4ncc(CCC(F)(F)F)cn4)CC3)cc2=O)c(F)c1.Cl. The van der Waals surface area contributed by atoms with E-state index in [1.165, 1.54) is 42.9 Å². The van der Waals surface area contributed by atoms with Gasteiger partial charge in [-0.3, -0.25) is 9.36 Å². The monoisotopic (exact) mass is 576 g/mol. The maximum Gasteiger partial charge on any atom is 0.389 e. The fourth-order valence-corrected chi connectivity index (χ4v) is 4.57. The lowest BCUT2D eigenvalue weighted by Crippen LogP contribution is -2.39. The largest absolute Gasteiger partial charge is 0.490 e. The molecule has 3 aromatic rings. The van der Waals surface area contributed by atoms with Gasteiger partial charge in [0.05, 0.1) is 10.6 Å². The first-order chi connectivity index (χ1) is 17.4. The molecule has 0 atom stereocenters. The standard InChI is InChI=1S/C24H24F4N4O4S.ClH/c1-37(34,35)19-2-3-21(20(25)13-19)32-11-7-18(12-22(32)33)36-17-5-9-31(10-6-17)23-29-14-16(15-30-23)4-8-24(26,27)28;/h2-3,7,11-15,17H,4-6,8-10H2,1H3;1H. The molecule has 206 valence electrons. The zero-order valence-corrected chi connectivity index (χ0v) is 21.8. The number of alkyl halides is 3. The van der Waals surface area contributed by atoms with Gasteiger partial charge < -0.3 is 9.64 Å². The van der Waals surface area contributed by atoms with E-state index in [2.05, 4.69) is 9.97 Å². The number of hydrogen-bond acceptors (Lipinski definition) is 7. The van der Waals surface area contributed by atoms with Crippen LogP contribution in [-0.2, 0) is 16.3 Å². The zero-order valence-electron chi connectivity index (χ0n) is 20.2. The number of hydrogen-bond donors (Lipinski definition) is 0. The number of benzene rings is 1. The summed E-state index contributed by atoms with van der Waals surface area (Å²) >= 11 is 0. The van der Waals surface area contributed by atoms with Crippen molar-refractivity contribution in [2.75, 3.05) is 24.2 Å². The van der Waals surface area contributed by atoms with Crippen molar-refractivity contribution in [1.82, 2.24) is 14.5 Å². The molecular weight excluding hydrogens is 552 g/mol.